The van der Waals surface area contributed by atoms with Crippen LogP contribution in [0, 0.1) is 0 Å². The summed E-state index contributed by atoms with van der Waals surface area (Å²) in [7, 11) is 0. The van der Waals surface area contributed by atoms with Gasteiger partial charge in [-0.25, -0.2) is 0 Å². The summed E-state index contributed by atoms with van der Waals surface area (Å²) in [5.74, 6) is -0.555. The summed E-state index contributed by atoms with van der Waals surface area (Å²) < 4.78 is 10.7. The van der Waals surface area contributed by atoms with Gasteiger partial charge in [0.25, 0.3) is 0 Å². The zero-order valence-corrected chi connectivity index (χ0v) is 7.62. The van der Waals surface area contributed by atoms with Crippen LogP contribution in [0.5, 0.6) is 0 Å². The molecule has 0 aromatic heterocycles. The van der Waals surface area contributed by atoms with Gasteiger partial charge in [-0.05, 0) is 26.8 Å². The molecule has 0 spiro atoms. The molecule has 0 bridgehead atoms. The molecule has 1 aliphatic rings. The van der Waals surface area contributed by atoms with E-state index in [0.29, 0.717) is 19.6 Å². The maximum atomic E-state index is 9.50. The second-order valence-electron chi connectivity index (χ2n) is 3.51. The third kappa shape index (κ3) is 2.42. The van der Waals surface area contributed by atoms with Crippen molar-refractivity contribution in [1.82, 2.24) is 0 Å². The third-order valence-electron chi connectivity index (χ3n) is 1.92. The average Bonchev–Trinajstić information content (AvgIpc) is 2.31. The van der Waals surface area contributed by atoms with Gasteiger partial charge in [0.1, 0.15) is 6.10 Å². The largest absolute Gasteiger partial charge is 0.390 e. The van der Waals surface area contributed by atoms with Crippen LogP contribution in [0.2, 0.25) is 0 Å². The molecule has 12 heavy (non-hydrogen) atoms. The van der Waals surface area contributed by atoms with E-state index in [1.165, 1.54) is 0 Å². The molecule has 1 rings (SSSR count). The Kier molecular flexibility index (Phi) is 3.06. The van der Waals surface area contributed by atoms with Gasteiger partial charge in [-0.1, -0.05) is 0 Å². The van der Waals surface area contributed by atoms with E-state index in [1.54, 1.807) is 0 Å². The van der Waals surface area contributed by atoms with Gasteiger partial charge in [0.15, 0.2) is 5.79 Å². The molecule has 1 heterocycles. The summed E-state index contributed by atoms with van der Waals surface area (Å²) >= 11 is 0. The summed E-state index contributed by atoms with van der Waals surface area (Å²) in [6, 6.07) is 0. The number of aliphatic hydroxyl groups is 1. The molecule has 3 N–H and O–H groups in total. The summed E-state index contributed by atoms with van der Waals surface area (Å²) in [5.41, 5.74) is 5.31. The molecule has 4 heteroatoms. The van der Waals surface area contributed by atoms with Crippen molar-refractivity contribution in [3.8, 4) is 0 Å². The van der Waals surface area contributed by atoms with Crippen molar-refractivity contribution in [3.63, 3.8) is 0 Å². The second-order valence-corrected chi connectivity index (χ2v) is 3.51. The molecule has 0 radical (unpaired) electrons. The minimum Gasteiger partial charge on any atom is -0.390 e. The molecule has 1 aliphatic heterocycles. The molecule has 1 unspecified atom stereocenters. The topological polar surface area (TPSA) is 64.7 Å². The zero-order valence-electron chi connectivity index (χ0n) is 7.62. The van der Waals surface area contributed by atoms with Crippen molar-refractivity contribution in [2.75, 3.05) is 13.2 Å². The van der Waals surface area contributed by atoms with Crippen LogP contribution in [0.3, 0.4) is 0 Å². The molecule has 0 aromatic carbocycles. The van der Waals surface area contributed by atoms with Crippen LogP contribution in [-0.2, 0) is 9.47 Å². The zero-order chi connectivity index (χ0) is 9.19. The van der Waals surface area contributed by atoms with Crippen LogP contribution >= 0.6 is 0 Å². The van der Waals surface area contributed by atoms with Crippen molar-refractivity contribution >= 4 is 0 Å². The van der Waals surface area contributed by atoms with Gasteiger partial charge in [-0.3, -0.25) is 0 Å². The maximum Gasteiger partial charge on any atom is 0.163 e. The standard InChI is InChI=1S/C8H17NO3/c1-8(2)11-5-7(12-8)6(10)3-4-9/h6-7,10H,3-5,9H2,1-2H3/t6-,7?/m0/s1. The minimum absolute atomic E-state index is 0.219. The van der Waals surface area contributed by atoms with Gasteiger partial charge in [0.2, 0.25) is 0 Å². The fraction of sp³-hybridized carbons (Fsp3) is 1.00. The highest BCUT2D eigenvalue weighted by atomic mass is 16.7. The lowest BCUT2D eigenvalue weighted by Crippen LogP contribution is -2.32. The maximum absolute atomic E-state index is 9.50. The lowest BCUT2D eigenvalue weighted by molar-refractivity contribution is -0.151. The fourth-order valence-corrected chi connectivity index (χ4v) is 1.26. The highest BCUT2D eigenvalue weighted by Gasteiger charge is 2.36. The molecule has 0 aromatic rings. The number of nitrogens with two attached hydrogens (primary N) is 1. The van der Waals surface area contributed by atoms with Gasteiger partial charge in [0.05, 0.1) is 12.7 Å². The van der Waals surface area contributed by atoms with Crippen molar-refractivity contribution < 1.29 is 14.6 Å². The lowest BCUT2D eigenvalue weighted by Gasteiger charge is -2.19. The first kappa shape index (κ1) is 9.92. The smallest absolute Gasteiger partial charge is 0.163 e. The Balaban J connectivity index is 2.36. The highest BCUT2D eigenvalue weighted by Crippen LogP contribution is 2.24. The molecule has 0 saturated carbocycles. The average molecular weight is 175 g/mol. The van der Waals surface area contributed by atoms with Crippen molar-refractivity contribution in [2.45, 2.75) is 38.3 Å². The Labute approximate surface area is 72.6 Å². The van der Waals surface area contributed by atoms with E-state index >= 15 is 0 Å². The number of rotatable bonds is 3. The molecular weight excluding hydrogens is 158 g/mol. The van der Waals surface area contributed by atoms with E-state index in [9.17, 15) is 5.11 Å². The first-order valence-corrected chi connectivity index (χ1v) is 4.25. The number of ether oxygens (including phenoxy) is 2. The van der Waals surface area contributed by atoms with E-state index < -0.39 is 11.9 Å². The Bertz CT molecular complexity index is 149. The second kappa shape index (κ2) is 3.70. The van der Waals surface area contributed by atoms with E-state index in [-0.39, 0.29) is 6.10 Å². The monoisotopic (exact) mass is 175 g/mol. The van der Waals surface area contributed by atoms with Gasteiger partial charge in [-0.2, -0.15) is 0 Å². The van der Waals surface area contributed by atoms with E-state index in [2.05, 4.69) is 0 Å². The molecule has 72 valence electrons. The predicted molar refractivity (Wildman–Crippen MR) is 44.6 cm³/mol. The van der Waals surface area contributed by atoms with Gasteiger partial charge >= 0.3 is 0 Å². The predicted octanol–water partition coefficient (Wildman–Crippen LogP) is -0.152. The van der Waals surface area contributed by atoms with Crippen LogP contribution in [-0.4, -0.2) is 36.3 Å². The lowest BCUT2D eigenvalue weighted by atomic mass is 10.1. The molecular formula is C8H17NO3. The normalized spacial score (nSPS) is 30.5. The van der Waals surface area contributed by atoms with Crippen LogP contribution < -0.4 is 5.73 Å². The first-order chi connectivity index (χ1) is 5.55. The SMILES string of the molecule is CC1(C)OCC([C@@H](O)CCN)O1. The van der Waals surface area contributed by atoms with Crippen molar-refractivity contribution in [1.29, 1.82) is 0 Å². The number of hydrogen-bond donors (Lipinski definition) is 2. The van der Waals surface area contributed by atoms with Crippen molar-refractivity contribution in [2.24, 2.45) is 5.73 Å². The number of hydrogen-bond acceptors (Lipinski definition) is 4. The van der Waals surface area contributed by atoms with Crippen molar-refractivity contribution in [3.05, 3.63) is 0 Å². The number of aliphatic hydroxyl groups excluding tert-OH is 1. The Morgan fingerprint density at radius 3 is 2.75 bits per heavy atom. The molecule has 0 amide bonds. The van der Waals surface area contributed by atoms with Crippen LogP contribution in [0.25, 0.3) is 0 Å². The van der Waals surface area contributed by atoms with E-state index in [1.807, 2.05) is 13.8 Å². The van der Waals surface area contributed by atoms with E-state index in [0.717, 1.165) is 0 Å². The van der Waals surface area contributed by atoms with Gasteiger partial charge in [-0.15, -0.1) is 0 Å². The minimum atomic E-state index is -0.555. The Morgan fingerprint density at radius 2 is 2.33 bits per heavy atom. The Hall–Kier alpha value is -0.160. The highest BCUT2D eigenvalue weighted by molar-refractivity contribution is 4.77. The molecule has 2 atom stereocenters. The molecule has 1 saturated heterocycles. The molecule has 4 nitrogen and oxygen atoms in total. The van der Waals surface area contributed by atoms with Crippen LogP contribution in [0.4, 0.5) is 0 Å². The summed E-state index contributed by atoms with van der Waals surface area (Å²) in [5, 5.41) is 9.50. The van der Waals surface area contributed by atoms with Crippen LogP contribution in [0.1, 0.15) is 20.3 Å². The summed E-state index contributed by atoms with van der Waals surface area (Å²) in [4.78, 5) is 0. The molecule has 0 aliphatic carbocycles. The van der Waals surface area contributed by atoms with Gasteiger partial charge in [0, 0.05) is 0 Å². The summed E-state index contributed by atoms with van der Waals surface area (Å²) in [6.45, 7) is 4.60. The molecule has 1 fully saturated rings. The third-order valence-corrected chi connectivity index (χ3v) is 1.92. The van der Waals surface area contributed by atoms with Gasteiger partial charge < -0.3 is 20.3 Å². The first-order valence-electron chi connectivity index (χ1n) is 4.25. The fourth-order valence-electron chi connectivity index (χ4n) is 1.26. The quantitative estimate of drug-likeness (QED) is 0.626. The summed E-state index contributed by atoms with van der Waals surface area (Å²) in [6.07, 6.45) is -0.162. The Morgan fingerprint density at radius 1 is 1.67 bits per heavy atom. The van der Waals surface area contributed by atoms with E-state index in [4.69, 9.17) is 15.2 Å². The van der Waals surface area contributed by atoms with Crippen LogP contribution in [0.15, 0.2) is 0 Å².